The molecule has 0 saturated carbocycles. The number of nitrogens with zero attached hydrogens (tertiary/aromatic N) is 2. The van der Waals surface area contributed by atoms with E-state index in [1.807, 2.05) is 127 Å². The predicted octanol–water partition coefficient (Wildman–Crippen LogP) is 6.94. The standard InChI is InChI=1S/C32H21N2O3P/c35-38(24-8-2-1-3-9-24,25-18-14-22(15-19-25)31-33-27-10-4-6-12-29(27)36-31)26-20-16-23(17-21-26)32-34-28-11-5-7-13-30(28)37-32/h1-21H. The van der Waals surface area contributed by atoms with Crippen molar-refractivity contribution in [2.24, 2.45) is 0 Å². The monoisotopic (exact) mass is 512 g/mol. The third kappa shape index (κ3) is 3.76. The first-order valence-electron chi connectivity index (χ1n) is 12.3. The molecule has 182 valence electrons. The summed E-state index contributed by atoms with van der Waals surface area (Å²) in [6.07, 6.45) is 0. The Kier molecular flexibility index (Phi) is 5.31. The van der Waals surface area contributed by atoms with Gasteiger partial charge in [-0.3, -0.25) is 0 Å². The molecule has 0 amide bonds. The van der Waals surface area contributed by atoms with E-state index in [9.17, 15) is 4.57 Å². The van der Waals surface area contributed by atoms with Crippen molar-refractivity contribution in [3.05, 3.63) is 127 Å². The highest BCUT2D eigenvalue weighted by Gasteiger charge is 2.30. The molecular weight excluding hydrogens is 491 g/mol. The van der Waals surface area contributed by atoms with Gasteiger partial charge in [0, 0.05) is 27.0 Å². The molecule has 38 heavy (non-hydrogen) atoms. The SMILES string of the molecule is O=P(c1ccccc1)(c1ccc(-c2nc3ccccc3o2)cc1)c1ccc(-c2nc3ccccc3o2)cc1. The van der Waals surface area contributed by atoms with Crippen LogP contribution < -0.4 is 15.9 Å². The van der Waals surface area contributed by atoms with Crippen LogP contribution in [0.25, 0.3) is 45.1 Å². The molecule has 0 bridgehead atoms. The quantitative estimate of drug-likeness (QED) is 0.234. The van der Waals surface area contributed by atoms with E-state index in [0.717, 1.165) is 49.2 Å². The largest absolute Gasteiger partial charge is 0.436 e. The van der Waals surface area contributed by atoms with Gasteiger partial charge in [-0.25, -0.2) is 9.97 Å². The minimum Gasteiger partial charge on any atom is -0.436 e. The molecule has 0 unspecified atom stereocenters. The summed E-state index contributed by atoms with van der Waals surface area (Å²) >= 11 is 0. The number of rotatable bonds is 5. The van der Waals surface area contributed by atoms with Gasteiger partial charge in [0.05, 0.1) is 0 Å². The molecule has 7 aromatic rings. The predicted molar refractivity (Wildman–Crippen MR) is 152 cm³/mol. The Labute approximate surface area is 218 Å². The number of oxazole rings is 2. The second-order valence-corrected chi connectivity index (χ2v) is 11.8. The molecule has 0 N–H and O–H groups in total. The van der Waals surface area contributed by atoms with Gasteiger partial charge < -0.3 is 13.4 Å². The van der Waals surface area contributed by atoms with Gasteiger partial charge in [0.25, 0.3) is 0 Å². The molecule has 2 aromatic heterocycles. The van der Waals surface area contributed by atoms with E-state index >= 15 is 0 Å². The Bertz CT molecular complexity index is 1750. The van der Waals surface area contributed by atoms with Crippen LogP contribution in [0.15, 0.2) is 136 Å². The van der Waals surface area contributed by atoms with Gasteiger partial charge in [-0.05, 0) is 48.5 Å². The van der Waals surface area contributed by atoms with Gasteiger partial charge in [0.1, 0.15) is 11.0 Å². The van der Waals surface area contributed by atoms with Gasteiger partial charge in [-0.2, -0.15) is 0 Å². The van der Waals surface area contributed by atoms with E-state index in [0.29, 0.717) is 11.8 Å². The Hall–Kier alpha value is -4.73. The number of hydrogen-bond donors (Lipinski definition) is 0. The van der Waals surface area contributed by atoms with E-state index in [4.69, 9.17) is 8.83 Å². The summed E-state index contributed by atoms with van der Waals surface area (Å²) in [6, 6.07) is 40.3. The highest BCUT2D eigenvalue weighted by Crippen LogP contribution is 2.43. The Morgan fingerprint density at radius 3 is 1.29 bits per heavy atom. The first kappa shape index (κ1) is 22.5. The average molecular weight is 513 g/mol. The van der Waals surface area contributed by atoms with Crippen molar-refractivity contribution >= 4 is 45.3 Å². The highest BCUT2D eigenvalue weighted by molar-refractivity contribution is 7.85. The maximum atomic E-state index is 14.9. The topological polar surface area (TPSA) is 69.1 Å². The van der Waals surface area contributed by atoms with E-state index in [1.54, 1.807) is 0 Å². The van der Waals surface area contributed by atoms with Crippen LogP contribution in [0.2, 0.25) is 0 Å². The van der Waals surface area contributed by atoms with Crippen LogP contribution in [0.1, 0.15) is 0 Å². The van der Waals surface area contributed by atoms with Crippen molar-refractivity contribution in [2.45, 2.75) is 0 Å². The van der Waals surface area contributed by atoms with Crippen LogP contribution in [-0.4, -0.2) is 9.97 Å². The number of benzene rings is 5. The molecule has 2 heterocycles. The molecule has 5 nitrogen and oxygen atoms in total. The molecule has 7 rings (SSSR count). The van der Waals surface area contributed by atoms with Crippen LogP contribution in [0, 0.1) is 0 Å². The second kappa shape index (κ2) is 8.98. The molecule has 0 spiro atoms. The van der Waals surface area contributed by atoms with Gasteiger partial charge in [0.15, 0.2) is 18.3 Å². The number of hydrogen-bond acceptors (Lipinski definition) is 5. The summed E-state index contributed by atoms with van der Waals surface area (Å²) in [4.78, 5) is 9.19. The summed E-state index contributed by atoms with van der Waals surface area (Å²) in [5.74, 6) is 1.07. The normalized spacial score (nSPS) is 11.8. The van der Waals surface area contributed by atoms with Crippen LogP contribution >= 0.6 is 7.14 Å². The maximum Gasteiger partial charge on any atom is 0.227 e. The average Bonchev–Trinajstić information content (AvgIpc) is 3.62. The Balaban J connectivity index is 1.29. The summed E-state index contributed by atoms with van der Waals surface area (Å²) < 4.78 is 26.8. The lowest BCUT2D eigenvalue weighted by Gasteiger charge is -2.20. The van der Waals surface area contributed by atoms with E-state index in [1.165, 1.54) is 0 Å². The minimum absolute atomic E-state index is 0.537. The number of para-hydroxylation sites is 4. The first-order chi connectivity index (χ1) is 18.7. The summed E-state index contributed by atoms with van der Waals surface area (Å²) in [6.45, 7) is 0. The van der Waals surface area contributed by atoms with Crippen molar-refractivity contribution in [1.29, 1.82) is 0 Å². The van der Waals surface area contributed by atoms with E-state index < -0.39 is 7.14 Å². The lowest BCUT2D eigenvalue weighted by molar-refractivity contribution is 0.592. The summed E-state index contributed by atoms with van der Waals surface area (Å²) in [5.41, 5.74) is 4.74. The fourth-order valence-electron chi connectivity index (χ4n) is 4.70. The third-order valence-corrected chi connectivity index (χ3v) is 9.74. The first-order valence-corrected chi connectivity index (χ1v) is 14.0. The van der Waals surface area contributed by atoms with Crippen LogP contribution in [0.5, 0.6) is 0 Å². The highest BCUT2D eigenvalue weighted by atomic mass is 31.2. The molecule has 0 atom stereocenters. The van der Waals surface area contributed by atoms with Crippen molar-refractivity contribution in [3.8, 4) is 22.9 Å². The van der Waals surface area contributed by atoms with Gasteiger partial charge in [-0.1, -0.05) is 78.9 Å². The molecular formula is C32H21N2O3P. The molecule has 5 aromatic carbocycles. The molecule has 0 saturated heterocycles. The van der Waals surface area contributed by atoms with Gasteiger partial charge in [0.2, 0.25) is 11.8 Å². The molecule has 0 radical (unpaired) electrons. The summed E-state index contributed by atoms with van der Waals surface area (Å²) in [7, 11) is -3.16. The van der Waals surface area contributed by atoms with Crippen LogP contribution in [0.3, 0.4) is 0 Å². The third-order valence-electron chi connectivity index (χ3n) is 6.66. The fraction of sp³-hybridized carbons (Fsp3) is 0. The van der Waals surface area contributed by atoms with Crippen molar-refractivity contribution in [3.63, 3.8) is 0 Å². The smallest absolute Gasteiger partial charge is 0.227 e. The maximum absolute atomic E-state index is 14.9. The zero-order valence-corrected chi connectivity index (χ0v) is 21.1. The van der Waals surface area contributed by atoms with Crippen molar-refractivity contribution < 1.29 is 13.4 Å². The number of fused-ring (bicyclic) bond motifs is 2. The number of aromatic nitrogens is 2. The van der Waals surface area contributed by atoms with E-state index in [-0.39, 0.29) is 0 Å². The van der Waals surface area contributed by atoms with Crippen LogP contribution in [-0.2, 0) is 4.57 Å². The lowest BCUT2D eigenvalue weighted by Crippen LogP contribution is -2.24. The zero-order chi connectivity index (χ0) is 25.5. The summed E-state index contributed by atoms with van der Waals surface area (Å²) in [5, 5.41) is 2.24. The lowest BCUT2D eigenvalue weighted by atomic mass is 10.2. The van der Waals surface area contributed by atoms with Crippen molar-refractivity contribution in [2.75, 3.05) is 0 Å². The Morgan fingerprint density at radius 2 is 0.842 bits per heavy atom. The van der Waals surface area contributed by atoms with Gasteiger partial charge >= 0.3 is 0 Å². The van der Waals surface area contributed by atoms with Crippen molar-refractivity contribution in [1.82, 2.24) is 9.97 Å². The molecule has 0 fully saturated rings. The molecule has 0 aliphatic heterocycles. The minimum atomic E-state index is -3.16. The molecule has 0 aliphatic carbocycles. The molecule has 0 aliphatic rings. The van der Waals surface area contributed by atoms with Crippen LogP contribution in [0.4, 0.5) is 0 Å². The molecule has 6 heteroatoms. The fourth-order valence-corrected chi connectivity index (χ4v) is 7.33. The van der Waals surface area contributed by atoms with E-state index in [2.05, 4.69) is 9.97 Å². The van der Waals surface area contributed by atoms with Gasteiger partial charge in [-0.15, -0.1) is 0 Å². The second-order valence-electron chi connectivity index (χ2n) is 9.01. The Morgan fingerprint density at radius 1 is 0.447 bits per heavy atom. The zero-order valence-electron chi connectivity index (χ0n) is 20.2.